The molecule has 2 atom stereocenters. The van der Waals surface area contributed by atoms with Gasteiger partial charge in [0.15, 0.2) is 0 Å². The molecule has 0 bridgehead atoms. The van der Waals surface area contributed by atoms with Crippen LogP contribution in [0, 0.1) is 0 Å². The van der Waals surface area contributed by atoms with E-state index in [-0.39, 0.29) is 12.1 Å². The number of hydrogen-bond acceptors (Lipinski definition) is 4. The number of carbonyl (C=O) groups excluding carboxylic acids is 1. The second-order valence-corrected chi connectivity index (χ2v) is 8.56. The second-order valence-electron chi connectivity index (χ2n) is 8.13. The summed E-state index contributed by atoms with van der Waals surface area (Å²) in [5, 5.41) is 0.745. The lowest BCUT2D eigenvalue weighted by Crippen LogP contribution is -2.50. The summed E-state index contributed by atoms with van der Waals surface area (Å²) in [6.45, 7) is 10.7. The van der Waals surface area contributed by atoms with E-state index in [4.69, 9.17) is 22.1 Å². The molecule has 1 amide bonds. The molecule has 6 heteroatoms. The Bertz CT molecular complexity index is 576. The number of hydrogen-bond donors (Lipinski definition) is 1. The van der Waals surface area contributed by atoms with E-state index in [2.05, 4.69) is 17.0 Å². The lowest BCUT2D eigenvalue weighted by Gasteiger charge is -2.40. The first-order valence-corrected chi connectivity index (χ1v) is 9.76. The number of nitrogens with two attached hydrogens (primary N) is 1. The minimum Gasteiger partial charge on any atom is -0.444 e. The summed E-state index contributed by atoms with van der Waals surface area (Å²) in [4.78, 5) is 16.5. The van der Waals surface area contributed by atoms with Crippen molar-refractivity contribution in [2.24, 2.45) is 5.73 Å². The van der Waals surface area contributed by atoms with Gasteiger partial charge in [-0.2, -0.15) is 0 Å². The van der Waals surface area contributed by atoms with E-state index in [0.717, 1.165) is 31.0 Å². The van der Waals surface area contributed by atoms with Gasteiger partial charge in [-0.1, -0.05) is 23.7 Å². The van der Waals surface area contributed by atoms with Crippen molar-refractivity contribution in [3.05, 3.63) is 34.9 Å². The second kappa shape index (κ2) is 9.07. The number of carbonyl (C=O) groups is 1. The Labute approximate surface area is 162 Å². The van der Waals surface area contributed by atoms with Gasteiger partial charge in [-0.25, -0.2) is 4.79 Å². The molecule has 1 aromatic rings. The number of halogens is 1. The van der Waals surface area contributed by atoms with Crippen molar-refractivity contribution >= 4 is 17.7 Å². The molecule has 1 fully saturated rings. The first-order chi connectivity index (χ1) is 12.2. The van der Waals surface area contributed by atoms with Crippen LogP contribution in [0.1, 0.15) is 52.1 Å². The van der Waals surface area contributed by atoms with Crippen molar-refractivity contribution in [3.8, 4) is 0 Å². The van der Waals surface area contributed by atoms with Crippen molar-refractivity contribution in [1.29, 1.82) is 0 Å². The van der Waals surface area contributed by atoms with Crippen LogP contribution in [0.2, 0.25) is 5.02 Å². The summed E-state index contributed by atoms with van der Waals surface area (Å²) < 4.78 is 5.49. The van der Waals surface area contributed by atoms with Crippen LogP contribution in [0.4, 0.5) is 4.79 Å². The van der Waals surface area contributed by atoms with Crippen molar-refractivity contribution < 1.29 is 9.53 Å². The molecule has 26 heavy (non-hydrogen) atoms. The molecular formula is C20H32ClN3O2. The van der Waals surface area contributed by atoms with E-state index in [1.54, 1.807) is 4.90 Å². The monoisotopic (exact) mass is 381 g/mol. The molecule has 146 valence electrons. The Kier molecular flexibility index (Phi) is 7.33. The van der Waals surface area contributed by atoms with Gasteiger partial charge in [0.1, 0.15) is 5.60 Å². The van der Waals surface area contributed by atoms with Gasteiger partial charge in [0, 0.05) is 43.3 Å². The maximum absolute atomic E-state index is 12.3. The first kappa shape index (κ1) is 21.0. The summed E-state index contributed by atoms with van der Waals surface area (Å²) in [6.07, 6.45) is 1.72. The number of piperazine rings is 1. The molecule has 0 saturated carbocycles. The molecule has 2 unspecified atom stereocenters. The Morgan fingerprint density at radius 1 is 1.15 bits per heavy atom. The maximum atomic E-state index is 12.3. The SMILES string of the molecule is CC(N)CCC(c1ccc(Cl)cc1)N1CCN(C(=O)OC(C)(C)C)CC1. The Balaban J connectivity index is 2.01. The van der Waals surface area contributed by atoms with E-state index < -0.39 is 5.60 Å². The summed E-state index contributed by atoms with van der Waals surface area (Å²) in [6, 6.07) is 8.52. The van der Waals surface area contributed by atoms with Crippen molar-refractivity contribution in [1.82, 2.24) is 9.80 Å². The normalized spacial score (nSPS) is 18.5. The standard InChI is InChI=1S/C20H32ClN3O2/c1-15(22)5-10-18(16-6-8-17(21)9-7-16)23-11-13-24(14-12-23)19(25)26-20(2,3)4/h6-9,15,18H,5,10-14,22H2,1-4H3. The van der Waals surface area contributed by atoms with Gasteiger partial charge >= 0.3 is 6.09 Å². The van der Waals surface area contributed by atoms with Crippen molar-refractivity contribution in [2.75, 3.05) is 26.2 Å². The number of benzene rings is 1. The van der Waals surface area contributed by atoms with E-state index in [9.17, 15) is 4.79 Å². The van der Waals surface area contributed by atoms with E-state index in [0.29, 0.717) is 19.1 Å². The average Bonchev–Trinajstić information content (AvgIpc) is 2.55. The minimum atomic E-state index is -0.461. The van der Waals surface area contributed by atoms with E-state index in [1.807, 2.05) is 39.8 Å². The molecule has 0 aliphatic carbocycles. The minimum absolute atomic E-state index is 0.174. The highest BCUT2D eigenvalue weighted by molar-refractivity contribution is 6.30. The molecule has 2 N–H and O–H groups in total. The zero-order valence-electron chi connectivity index (χ0n) is 16.4. The summed E-state index contributed by atoms with van der Waals surface area (Å²) in [7, 11) is 0. The fourth-order valence-electron chi connectivity index (χ4n) is 3.21. The third kappa shape index (κ3) is 6.45. The quantitative estimate of drug-likeness (QED) is 0.835. The molecule has 1 heterocycles. The van der Waals surface area contributed by atoms with E-state index in [1.165, 1.54) is 5.56 Å². The highest BCUT2D eigenvalue weighted by atomic mass is 35.5. The fourth-order valence-corrected chi connectivity index (χ4v) is 3.33. The molecule has 5 nitrogen and oxygen atoms in total. The van der Waals surface area contributed by atoms with E-state index >= 15 is 0 Å². The smallest absolute Gasteiger partial charge is 0.410 e. The van der Waals surface area contributed by atoms with Crippen LogP contribution in [0.5, 0.6) is 0 Å². The molecular weight excluding hydrogens is 350 g/mol. The lowest BCUT2D eigenvalue weighted by atomic mass is 9.97. The Hall–Kier alpha value is -1.30. The molecule has 1 aromatic carbocycles. The van der Waals surface area contributed by atoms with Crippen LogP contribution in [-0.2, 0) is 4.74 Å². The van der Waals surface area contributed by atoms with Gasteiger partial charge in [-0.15, -0.1) is 0 Å². The first-order valence-electron chi connectivity index (χ1n) is 9.39. The Morgan fingerprint density at radius 3 is 2.23 bits per heavy atom. The van der Waals surface area contributed by atoms with Crippen molar-refractivity contribution in [3.63, 3.8) is 0 Å². The van der Waals surface area contributed by atoms with Crippen LogP contribution >= 0.6 is 11.6 Å². The molecule has 0 radical (unpaired) electrons. The maximum Gasteiger partial charge on any atom is 0.410 e. The van der Waals surface area contributed by atoms with Crippen molar-refractivity contribution in [2.45, 2.75) is 58.2 Å². The molecule has 1 aliphatic heterocycles. The largest absolute Gasteiger partial charge is 0.444 e. The highest BCUT2D eigenvalue weighted by Crippen LogP contribution is 2.28. The number of ether oxygens (including phenoxy) is 1. The topological polar surface area (TPSA) is 58.8 Å². The Morgan fingerprint density at radius 2 is 1.73 bits per heavy atom. The summed E-state index contributed by atoms with van der Waals surface area (Å²) >= 11 is 6.04. The van der Waals surface area contributed by atoms with Gasteiger partial charge < -0.3 is 15.4 Å². The van der Waals surface area contributed by atoms with Gasteiger partial charge in [-0.05, 0) is 58.2 Å². The number of amides is 1. The lowest BCUT2D eigenvalue weighted by molar-refractivity contribution is 0.00957. The summed E-state index contributed by atoms with van der Waals surface area (Å²) in [5.74, 6) is 0. The fraction of sp³-hybridized carbons (Fsp3) is 0.650. The van der Waals surface area contributed by atoms with Gasteiger partial charge in [-0.3, -0.25) is 4.90 Å². The molecule has 0 spiro atoms. The van der Waals surface area contributed by atoms with Gasteiger partial charge in [0.25, 0.3) is 0 Å². The van der Waals surface area contributed by atoms with Crippen LogP contribution in [-0.4, -0.2) is 53.7 Å². The van der Waals surface area contributed by atoms with Crippen LogP contribution in [0.3, 0.4) is 0 Å². The average molecular weight is 382 g/mol. The molecule has 1 saturated heterocycles. The van der Waals surface area contributed by atoms with Gasteiger partial charge in [0.2, 0.25) is 0 Å². The van der Waals surface area contributed by atoms with Crippen LogP contribution in [0.25, 0.3) is 0 Å². The van der Waals surface area contributed by atoms with Crippen LogP contribution < -0.4 is 5.73 Å². The molecule has 0 aromatic heterocycles. The van der Waals surface area contributed by atoms with Gasteiger partial charge in [0.05, 0.1) is 0 Å². The zero-order valence-corrected chi connectivity index (χ0v) is 17.1. The third-order valence-electron chi connectivity index (χ3n) is 4.56. The van der Waals surface area contributed by atoms with Crippen LogP contribution in [0.15, 0.2) is 24.3 Å². The zero-order chi connectivity index (χ0) is 19.3. The number of rotatable bonds is 5. The predicted octanol–water partition coefficient (Wildman–Crippen LogP) is 4.06. The number of nitrogens with zero attached hydrogens (tertiary/aromatic N) is 2. The third-order valence-corrected chi connectivity index (χ3v) is 4.81. The molecule has 1 aliphatic rings. The summed E-state index contributed by atoms with van der Waals surface area (Å²) in [5.41, 5.74) is 6.77. The predicted molar refractivity (Wildman–Crippen MR) is 106 cm³/mol. The highest BCUT2D eigenvalue weighted by Gasteiger charge is 2.29. The molecule has 2 rings (SSSR count).